The lowest BCUT2D eigenvalue weighted by Gasteiger charge is -2.23. The Morgan fingerprint density at radius 1 is 1.05 bits per heavy atom. The van der Waals surface area contributed by atoms with E-state index in [2.05, 4.69) is 10.2 Å². The Balaban J connectivity index is 2.15. The summed E-state index contributed by atoms with van der Waals surface area (Å²) in [5, 5.41) is 25.5. The number of hydrogen-bond donors (Lipinski definition) is 4. The molecule has 0 radical (unpaired) electrons. The fourth-order valence-electron chi connectivity index (χ4n) is 3.89. The Morgan fingerprint density at radius 3 is 2.32 bits per heavy atom. The van der Waals surface area contributed by atoms with Gasteiger partial charge in [0.15, 0.2) is 12.6 Å². The highest BCUT2D eigenvalue weighted by molar-refractivity contribution is 7.59. The molecule has 0 heterocycles. The molecule has 0 bridgehead atoms. The number of phenols is 1. The largest absolute Gasteiger partial charge is 0.508 e. The molecular formula is C27H41N2O7P. The second-order valence-electron chi connectivity index (χ2n) is 9.19. The maximum absolute atomic E-state index is 13.5. The highest BCUT2D eigenvalue weighted by Gasteiger charge is 2.25. The van der Waals surface area contributed by atoms with Crippen LogP contribution in [0.5, 0.6) is 11.5 Å². The molecule has 2 aromatic carbocycles. The molecule has 2 atom stereocenters. The highest BCUT2D eigenvalue weighted by atomic mass is 31.2. The van der Waals surface area contributed by atoms with Gasteiger partial charge in [0.05, 0.1) is 13.2 Å². The molecule has 0 saturated carbocycles. The number of esters is 1. The number of phenolic OH excluding ortho intramolecular Hbond substituents is 1. The minimum absolute atomic E-state index is 0.105. The lowest BCUT2D eigenvalue weighted by atomic mass is 9.93. The van der Waals surface area contributed by atoms with Crippen LogP contribution in [0.1, 0.15) is 61.4 Å². The van der Waals surface area contributed by atoms with E-state index in [1.54, 1.807) is 19.9 Å². The fraction of sp³-hybridized carbons (Fsp3) is 0.519. The van der Waals surface area contributed by atoms with Crippen molar-refractivity contribution in [2.75, 3.05) is 32.7 Å². The summed E-state index contributed by atoms with van der Waals surface area (Å²) in [6, 6.07) is 9.48. The summed E-state index contributed by atoms with van der Waals surface area (Å²) in [7, 11) is -3.44. The number of ether oxygens (including phenoxy) is 3. The van der Waals surface area contributed by atoms with E-state index in [1.165, 1.54) is 0 Å². The van der Waals surface area contributed by atoms with Crippen LogP contribution in [0.25, 0.3) is 0 Å². The molecule has 0 aromatic heterocycles. The Labute approximate surface area is 220 Å². The van der Waals surface area contributed by atoms with E-state index in [0.29, 0.717) is 24.5 Å². The molecule has 37 heavy (non-hydrogen) atoms. The zero-order valence-electron chi connectivity index (χ0n) is 22.7. The molecule has 0 amide bonds. The summed E-state index contributed by atoms with van der Waals surface area (Å²) < 4.78 is 29.3. The SMILES string of the molecule is CCOC(=O)CNP(=O)(COc1cc(C)c(Cc2ccc(O)c(C(C)C)c2)c(C)c1)NCC(O)OCC. The van der Waals surface area contributed by atoms with E-state index in [9.17, 15) is 19.6 Å². The molecule has 9 nitrogen and oxygen atoms in total. The first-order valence-electron chi connectivity index (χ1n) is 12.6. The molecule has 4 N–H and O–H groups in total. The summed E-state index contributed by atoms with van der Waals surface area (Å²) in [6.07, 6.45) is -0.698. The standard InChI is InChI=1S/C27H41N2O7P/c1-7-34-26(31)15-28-37(33,29-16-27(32)35-8-2)17-36-22-11-19(5)24(20(6)12-22)14-21-9-10-25(30)23(13-21)18(3)4/h9-13,18,26,30-31H,7-8,14-17H2,1-6H3,(H2,28,29,33). The first-order chi connectivity index (χ1) is 17.5. The van der Waals surface area contributed by atoms with Crippen molar-refractivity contribution >= 4 is 13.4 Å². The number of carbonyl (C=O) groups is 1. The summed E-state index contributed by atoms with van der Waals surface area (Å²) >= 11 is 0. The van der Waals surface area contributed by atoms with Crippen LogP contribution in [-0.4, -0.2) is 55.1 Å². The van der Waals surface area contributed by atoms with Gasteiger partial charge in [0.1, 0.15) is 18.0 Å². The molecule has 206 valence electrons. The zero-order chi connectivity index (χ0) is 27.6. The van der Waals surface area contributed by atoms with Crippen molar-refractivity contribution in [3.8, 4) is 11.5 Å². The van der Waals surface area contributed by atoms with E-state index in [0.717, 1.165) is 27.8 Å². The summed E-state index contributed by atoms with van der Waals surface area (Å²) in [5.74, 6) is 0.520. The topological polar surface area (TPSA) is 126 Å². The third kappa shape index (κ3) is 9.76. The van der Waals surface area contributed by atoms with Gasteiger partial charge in [0.25, 0.3) is 0 Å². The lowest BCUT2D eigenvalue weighted by Crippen LogP contribution is -2.35. The van der Waals surface area contributed by atoms with E-state index < -0.39 is 19.7 Å². The van der Waals surface area contributed by atoms with Gasteiger partial charge in [-0.1, -0.05) is 26.0 Å². The number of aliphatic hydroxyl groups excluding tert-OH is 1. The van der Waals surface area contributed by atoms with Gasteiger partial charge in [-0.15, -0.1) is 0 Å². The Kier molecular flexibility index (Phi) is 12.1. The van der Waals surface area contributed by atoms with Crippen LogP contribution in [0.2, 0.25) is 0 Å². The molecule has 0 aliphatic carbocycles. The van der Waals surface area contributed by atoms with Crippen molar-refractivity contribution in [3.05, 3.63) is 58.1 Å². The number of rotatable bonds is 15. The van der Waals surface area contributed by atoms with Crippen LogP contribution >= 0.6 is 7.44 Å². The van der Waals surface area contributed by atoms with Crippen molar-refractivity contribution in [3.63, 3.8) is 0 Å². The molecule has 2 aromatic rings. The predicted octanol–water partition coefficient (Wildman–Crippen LogP) is 4.35. The summed E-state index contributed by atoms with van der Waals surface area (Å²) in [6.45, 7) is 11.7. The molecule has 0 spiro atoms. The first kappa shape index (κ1) is 30.8. The van der Waals surface area contributed by atoms with Crippen molar-refractivity contribution in [1.29, 1.82) is 0 Å². The van der Waals surface area contributed by atoms with Gasteiger partial charge in [-0.05, 0) is 86.1 Å². The number of aromatic hydroxyl groups is 1. The number of hydrogen-bond acceptors (Lipinski definition) is 7. The van der Waals surface area contributed by atoms with Crippen molar-refractivity contribution in [1.82, 2.24) is 10.2 Å². The van der Waals surface area contributed by atoms with Crippen LogP contribution in [0.3, 0.4) is 0 Å². The van der Waals surface area contributed by atoms with E-state index >= 15 is 0 Å². The summed E-state index contributed by atoms with van der Waals surface area (Å²) in [4.78, 5) is 11.8. The quantitative estimate of drug-likeness (QED) is 0.149. The van der Waals surface area contributed by atoms with Gasteiger partial charge in [-0.25, -0.2) is 10.2 Å². The van der Waals surface area contributed by atoms with Crippen molar-refractivity contribution < 1.29 is 33.8 Å². The first-order valence-corrected chi connectivity index (χ1v) is 14.5. The molecule has 0 fully saturated rings. The van der Waals surface area contributed by atoms with Crippen LogP contribution in [0.15, 0.2) is 30.3 Å². The van der Waals surface area contributed by atoms with Gasteiger partial charge in [0, 0.05) is 6.61 Å². The van der Waals surface area contributed by atoms with Gasteiger partial charge >= 0.3 is 5.97 Å². The minimum Gasteiger partial charge on any atom is -0.508 e. The maximum Gasteiger partial charge on any atom is 0.320 e. The second-order valence-corrected chi connectivity index (χ2v) is 11.6. The maximum atomic E-state index is 13.5. The van der Waals surface area contributed by atoms with Gasteiger partial charge in [-0.2, -0.15) is 0 Å². The smallest absolute Gasteiger partial charge is 0.320 e. The molecule has 2 unspecified atom stereocenters. The molecular weight excluding hydrogens is 495 g/mol. The highest BCUT2D eigenvalue weighted by Crippen LogP contribution is 2.37. The molecule has 10 heteroatoms. The molecule has 0 aliphatic heterocycles. The number of aryl methyl sites for hydroxylation is 2. The normalized spacial score (nSPS) is 13.8. The van der Waals surface area contributed by atoms with Crippen LogP contribution < -0.4 is 14.9 Å². The van der Waals surface area contributed by atoms with Gasteiger partial charge in [-0.3, -0.25) is 9.36 Å². The molecule has 0 saturated heterocycles. The number of carbonyl (C=O) groups excluding carboxylic acids is 1. The van der Waals surface area contributed by atoms with Crippen LogP contribution in [0, 0.1) is 13.8 Å². The predicted molar refractivity (Wildman–Crippen MR) is 144 cm³/mol. The third-order valence-corrected chi connectivity index (χ3v) is 7.70. The van der Waals surface area contributed by atoms with Gasteiger partial charge in [0.2, 0.25) is 7.44 Å². The van der Waals surface area contributed by atoms with E-state index in [-0.39, 0.29) is 32.0 Å². The van der Waals surface area contributed by atoms with Crippen molar-refractivity contribution in [2.24, 2.45) is 0 Å². The zero-order valence-corrected chi connectivity index (χ0v) is 23.6. The summed E-state index contributed by atoms with van der Waals surface area (Å²) in [5.41, 5.74) is 5.20. The van der Waals surface area contributed by atoms with Crippen LogP contribution in [-0.2, 0) is 25.3 Å². The minimum atomic E-state index is -3.44. The fourth-order valence-corrected chi connectivity index (χ4v) is 5.35. The van der Waals surface area contributed by atoms with Gasteiger partial charge < -0.3 is 24.4 Å². The monoisotopic (exact) mass is 536 g/mol. The Morgan fingerprint density at radius 2 is 1.73 bits per heavy atom. The lowest BCUT2D eigenvalue weighted by molar-refractivity contribution is -0.141. The molecule has 0 aliphatic rings. The van der Waals surface area contributed by atoms with E-state index in [4.69, 9.17) is 14.2 Å². The number of benzene rings is 2. The van der Waals surface area contributed by atoms with Crippen LogP contribution in [0.4, 0.5) is 0 Å². The Bertz CT molecular complexity index is 1070. The second kappa shape index (κ2) is 14.5. The Hall–Kier alpha value is -2.42. The third-order valence-electron chi connectivity index (χ3n) is 5.84. The van der Waals surface area contributed by atoms with E-state index in [1.807, 2.05) is 52.0 Å². The van der Waals surface area contributed by atoms with Crippen molar-refractivity contribution in [2.45, 2.75) is 60.2 Å². The molecule has 2 rings (SSSR count). The number of aliphatic hydroxyl groups is 1. The number of nitrogens with one attached hydrogen (secondary N) is 2. The average Bonchev–Trinajstić information content (AvgIpc) is 2.84. The average molecular weight is 537 g/mol.